The van der Waals surface area contributed by atoms with Gasteiger partial charge < -0.3 is 9.84 Å². The zero-order valence-electron chi connectivity index (χ0n) is 11.0. The maximum atomic E-state index is 9.04. The molecule has 0 saturated heterocycles. The largest absolute Gasteiger partial charge is 0.493 e. The van der Waals surface area contributed by atoms with Gasteiger partial charge in [0.2, 0.25) is 0 Å². The quantitative estimate of drug-likeness (QED) is 0.745. The van der Waals surface area contributed by atoms with E-state index in [9.17, 15) is 0 Å². The van der Waals surface area contributed by atoms with Crippen LogP contribution < -0.4 is 10.1 Å². The number of hydrogen-bond acceptors (Lipinski definition) is 4. The number of hydrogen-bond donors (Lipinski definition) is 2. The Hall–Kier alpha value is -1.57. The summed E-state index contributed by atoms with van der Waals surface area (Å²) in [7, 11) is 0. The van der Waals surface area contributed by atoms with E-state index in [-0.39, 0.29) is 12.6 Å². The SMILES string of the molecule is N#CC(CCOc1ccccc1CCO)NC1CC1. The molecular weight excluding hydrogens is 240 g/mol. The number of aliphatic hydroxyl groups excluding tert-OH is 1. The molecular formula is C15H20N2O2. The highest BCUT2D eigenvalue weighted by molar-refractivity contribution is 5.33. The van der Waals surface area contributed by atoms with Crippen molar-refractivity contribution in [3.05, 3.63) is 29.8 Å². The first kappa shape index (κ1) is 13.9. The molecule has 1 aromatic carbocycles. The molecule has 2 N–H and O–H groups in total. The van der Waals surface area contributed by atoms with Crippen LogP contribution in [0.3, 0.4) is 0 Å². The lowest BCUT2D eigenvalue weighted by molar-refractivity contribution is 0.281. The van der Waals surface area contributed by atoms with Gasteiger partial charge in [-0.2, -0.15) is 5.26 Å². The van der Waals surface area contributed by atoms with Crippen molar-refractivity contribution in [1.82, 2.24) is 5.32 Å². The summed E-state index contributed by atoms with van der Waals surface area (Å²) < 4.78 is 5.72. The highest BCUT2D eigenvalue weighted by atomic mass is 16.5. The maximum Gasteiger partial charge on any atom is 0.122 e. The van der Waals surface area contributed by atoms with Crippen molar-refractivity contribution in [3.63, 3.8) is 0 Å². The van der Waals surface area contributed by atoms with Crippen molar-refractivity contribution in [2.45, 2.75) is 37.8 Å². The number of nitrogens with zero attached hydrogens (tertiary/aromatic N) is 1. The van der Waals surface area contributed by atoms with Gasteiger partial charge in [-0.15, -0.1) is 0 Å². The molecule has 1 saturated carbocycles. The van der Waals surface area contributed by atoms with E-state index < -0.39 is 0 Å². The molecule has 0 bridgehead atoms. The number of ether oxygens (including phenoxy) is 1. The fourth-order valence-corrected chi connectivity index (χ4v) is 1.98. The second kappa shape index (κ2) is 7.13. The summed E-state index contributed by atoms with van der Waals surface area (Å²) in [6.45, 7) is 0.630. The van der Waals surface area contributed by atoms with Crippen molar-refractivity contribution >= 4 is 0 Å². The summed E-state index contributed by atoms with van der Waals surface area (Å²) in [6.07, 6.45) is 3.63. The lowest BCUT2D eigenvalue weighted by Crippen LogP contribution is -2.31. The molecule has 0 aromatic heterocycles. The molecule has 0 radical (unpaired) electrons. The zero-order valence-corrected chi connectivity index (χ0v) is 11.0. The summed E-state index contributed by atoms with van der Waals surface area (Å²) >= 11 is 0. The molecule has 1 unspecified atom stereocenters. The van der Waals surface area contributed by atoms with Gasteiger partial charge in [-0.05, 0) is 30.9 Å². The van der Waals surface area contributed by atoms with Gasteiger partial charge in [-0.1, -0.05) is 18.2 Å². The van der Waals surface area contributed by atoms with Gasteiger partial charge in [-0.25, -0.2) is 0 Å². The Bertz CT molecular complexity index is 438. The first-order valence-corrected chi connectivity index (χ1v) is 6.80. The highest BCUT2D eigenvalue weighted by Gasteiger charge is 2.24. The number of aliphatic hydroxyl groups is 1. The van der Waals surface area contributed by atoms with Crippen molar-refractivity contribution in [2.24, 2.45) is 0 Å². The topological polar surface area (TPSA) is 65.3 Å². The van der Waals surface area contributed by atoms with Crippen LogP contribution in [0.25, 0.3) is 0 Å². The van der Waals surface area contributed by atoms with Crippen LogP contribution in [-0.4, -0.2) is 30.4 Å². The standard InChI is InChI=1S/C15H20N2O2/c16-11-14(17-13-5-6-13)8-10-19-15-4-2-1-3-12(15)7-9-18/h1-4,13-14,17-18H,5-10H2. The Balaban J connectivity index is 1.79. The van der Waals surface area contributed by atoms with E-state index >= 15 is 0 Å². The Labute approximate surface area is 114 Å². The van der Waals surface area contributed by atoms with Gasteiger partial charge in [0, 0.05) is 19.1 Å². The summed E-state index contributed by atoms with van der Waals surface area (Å²) in [5.74, 6) is 0.805. The van der Waals surface area contributed by atoms with Gasteiger partial charge in [-0.3, -0.25) is 5.32 Å². The summed E-state index contributed by atoms with van der Waals surface area (Å²) in [5, 5.41) is 21.3. The Morgan fingerprint density at radius 2 is 2.21 bits per heavy atom. The number of para-hydroxylation sites is 1. The summed E-state index contributed by atoms with van der Waals surface area (Å²) in [5.41, 5.74) is 1.01. The fraction of sp³-hybridized carbons (Fsp3) is 0.533. The first-order valence-electron chi connectivity index (χ1n) is 6.80. The van der Waals surface area contributed by atoms with E-state index in [0.717, 1.165) is 11.3 Å². The third-order valence-electron chi connectivity index (χ3n) is 3.19. The molecule has 19 heavy (non-hydrogen) atoms. The van der Waals surface area contributed by atoms with E-state index in [2.05, 4.69) is 11.4 Å². The maximum absolute atomic E-state index is 9.04. The van der Waals surface area contributed by atoms with Crippen molar-refractivity contribution < 1.29 is 9.84 Å². The average molecular weight is 260 g/mol. The summed E-state index contributed by atoms with van der Waals surface area (Å²) in [4.78, 5) is 0. The van der Waals surface area contributed by atoms with Crippen molar-refractivity contribution in [1.29, 1.82) is 5.26 Å². The molecule has 1 fully saturated rings. The molecule has 1 aliphatic carbocycles. The molecule has 4 heteroatoms. The Morgan fingerprint density at radius 1 is 1.42 bits per heavy atom. The highest BCUT2D eigenvalue weighted by Crippen LogP contribution is 2.21. The van der Waals surface area contributed by atoms with Crippen LogP contribution in [0.2, 0.25) is 0 Å². The minimum absolute atomic E-state index is 0.116. The molecule has 0 heterocycles. The van der Waals surface area contributed by atoms with E-state index in [0.29, 0.717) is 25.5 Å². The first-order chi connectivity index (χ1) is 9.33. The molecule has 0 aliphatic heterocycles. The van der Waals surface area contributed by atoms with Crippen LogP contribution in [0.1, 0.15) is 24.8 Å². The normalized spacial score (nSPS) is 15.8. The summed E-state index contributed by atoms with van der Waals surface area (Å²) in [6, 6.07) is 10.4. The van der Waals surface area contributed by atoms with Gasteiger partial charge >= 0.3 is 0 Å². The van der Waals surface area contributed by atoms with Gasteiger partial charge in [0.15, 0.2) is 0 Å². The molecule has 4 nitrogen and oxygen atoms in total. The molecule has 1 atom stereocenters. The van der Waals surface area contributed by atoms with E-state index in [1.807, 2.05) is 24.3 Å². The second-order valence-corrected chi connectivity index (χ2v) is 4.84. The average Bonchev–Trinajstić information content (AvgIpc) is 3.24. The predicted octanol–water partition coefficient (Wildman–Crippen LogP) is 1.63. The number of nitriles is 1. The van der Waals surface area contributed by atoms with Crippen molar-refractivity contribution in [2.75, 3.05) is 13.2 Å². The Kier molecular flexibility index (Phi) is 5.20. The van der Waals surface area contributed by atoms with Crippen LogP contribution in [0, 0.1) is 11.3 Å². The molecule has 102 valence electrons. The van der Waals surface area contributed by atoms with Gasteiger partial charge in [0.05, 0.1) is 18.7 Å². The number of rotatable bonds is 8. The van der Waals surface area contributed by atoms with Crippen molar-refractivity contribution in [3.8, 4) is 11.8 Å². The fourth-order valence-electron chi connectivity index (χ4n) is 1.98. The van der Waals surface area contributed by atoms with E-state index in [1.165, 1.54) is 12.8 Å². The predicted molar refractivity (Wildman–Crippen MR) is 72.9 cm³/mol. The second-order valence-electron chi connectivity index (χ2n) is 4.84. The van der Waals surface area contributed by atoms with Crippen LogP contribution in [0.5, 0.6) is 5.75 Å². The number of benzene rings is 1. The minimum atomic E-state index is -0.127. The van der Waals surface area contributed by atoms with E-state index in [1.54, 1.807) is 0 Å². The molecule has 1 aliphatic rings. The monoisotopic (exact) mass is 260 g/mol. The lowest BCUT2D eigenvalue weighted by Gasteiger charge is -2.13. The molecule has 2 rings (SSSR count). The molecule has 0 amide bonds. The van der Waals surface area contributed by atoms with Crippen LogP contribution in [0.4, 0.5) is 0 Å². The smallest absolute Gasteiger partial charge is 0.122 e. The third-order valence-corrected chi connectivity index (χ3v) is 3.19. The van der Waals surface area contributed by atoms with Crippen LogP contribution in [0.15, 0.2) is 24.3 Å². The third kappa shape index (κ3) is 4.55. The molecule has 0 spiro atoms. The van der Waals surface area contributed by atoms with Crippen LogP contribution >= 0.6 is 0 Å². The lowest BCUT2D eigenvalue weighted by atomic mass is 10.1. The molecule has 1 aromatic rings. The van der Waals surface area contributed by atoms with E-state index in [4.69, 9.17) is 15.1 Å². The minimum Gasteiger partial charge on any atom is -0.493 e. The zero-order chi connectivity index (χ0) is 13.5. The Morgan fingerprint density at radius 3 is 2.89 bits per heavy atom. The van der Waals surface area contributed by atoms with Crippen LogP contribution in [-0.2, 0) is 6.42 Å². The van der Waals surface area contributed by atoms with Gasteiger partial charge in [0.25, 0.3) is 0 Å². The van der Waals surface area contributed by atoms with Gasteiger partial charge in [0.1, 0.15) is 5.75 Å². The number of nitrogens with one attached hydrogen (secondary N) is 1.